The minimum atomic E-state index is -0.760. The first kappa shape index (κ1) is 19.3. The minimum Gasteiger partial charge on any atom is -1.00 e. The van der Waals surface area contributed by atoms with Crippen molar-refractivity contribution in [3.8, 4) is 0 Å². The maximum absolute atomic E-state index is 11.9. The molecule has 24 heavy (non-hydrogen) atoms. The van der Waals surface area contributed by atoms with Gasteiger partial charge >= 0.3 is 5.69 Å². The molecule has 128 valence electrons. The van der Waals surface area contributed by atoms with Crippen LogP contribution in [0.15, 0.2) is 45.0 Å². The Kier molecular flexibility index (Phi) is 7.09. The first-order valence-corrected chi connectivity index (χ1v) is 6.93. The molecule has 0 radical (unpaired) electrons. The van der Waals surface area contributed by atoms with Crippen LogP contribution in [0.5, 0.6) is 0 Å². The molecule has 5 N–H and O–H groups in total. The van der Waals surface area contributed by atoms with Gasteiger partial charge in [0.2, 0.25) is 0 Å². The quantitative estimate of drug-likeness (QED) is 0.327. The summed E-state index contributed by atoms with van der Waals surface area (Å²) in [5, 5.41) is 3.71. The molecule has 0 aliphatic carbocycles. The van der Waals surface area contributed by atoms with Crippen LogP contribution < -0.4 is 34.8 Å². The Morgan fingerprint density at radius 2 is 1.96 bits per heavy atom. The van der Waals surface area contributed by atoms with Gasteiger partial charge < -0.3 is 23.1 Å². The zero-order chi connectivity index (χ0) is 16.8. The van der Waals surface area contributed by atoms with E-state index in [2.05, 4.69) is 20.5 Å². The Labute approximate surface area is 143 Å². The zero-order valence-corrected chi connectivity index (χ0v) is 13.6. The number of rotatable bonds is 5. The summed E-state index contributed by atoms with van der Waals surface area (Å²) in [6, 6.07) is 8.60. The number of hydrogen-bond donors (Lipinski definition) is 4. The van der Waals surface area contributed by atoms with Crippen LogP contribution in [0, 0.1) is 6.92 Å². The second kappa shape index (κ2) is 8.80. The topological polar surface area (TPSA) is 133 Å². The Morgan fingerprint density at radius 1 is 1.29 bits per heavy atom. The minimum absolute atomic E-state index is 0. The van der Waals surface area contributed by atoms with Crippen molar-refractivity contribution < 1.29 is 17.2 Å². The summed E-state index contributed by atoms with van der Waals surface area (Å²) in [6.07, 6.45) is 1.54. The molecule has 0 saturated carbocycles. The number of nitrogens with zero attached hydrogens (tertiary/aromatic N) is 1. The molecule has 1 aromatic carbocycles. The van der Waals surface area contributed by atoms with Crippen molar-refractivity contribution in [2.24, 2.45) is 10.8 Å². The predicted molar refractivity (Wildman–Crippen MR) is 86.3 cm³/mol. The molecule has 2 rings (SSSR count). The largest absolute Gasteiger partial charge is 1.00 e. The van der Waals surface area contributed by atoms with Gasteiger partial charge in [-0.3, -0.25) is 14.6 Å². The molecule has 0 unspecified atom stereocenters. The van der Waals surface area contributed by atoms with Gasteiger partial charge in [0, 0.05) is 5.69 Å². The van der Waals surface area contributed by atoms with Gasteiger partial charge in [0.25, 0.3) is 11.5 Å². The van der Waals surface area contributed by atoms with Crippen molar-refractivity contribution in [1.29, 1.82) is 0 Å². The van der Waals surface area contributed by atoms with E-state index in [0.717, 1.165) is 11.8 Å². The second-order valence-electron chi connectivity index (χ2n) is 4.98. The summed E-state index contributed by atoms with van der Waals surface area (Å²) < 4.78 is 0. The highest BCUT2D eigenvalue weighted by Gasteiger charge is 2.13. The average molecular weight is 351 g/mol. The monoisotopic (exact) mass is 350 g/mol. The Morgan fingerprint density at radius 3 is 2.58 bits per heavy atom. The number of halogens is 1. The van der Waals surface area contributed by atoms with Crippen molar-refractivity contribution in [3.05, 3.63) is 68.0 Å². The summed E-state index contributed by atoms with van der Waals surface area (Å²) in [4.78, 5) is 39.1. The lowest BCUT2D eigenvalue weighted by Gasteiger charge is -2.09. The molecular formula is C15H17ClN5O3-. The molecule has 8 nitrogen and oxygen atoms in total. The summed E-state index contributed by atoms with van der Waals surface area (Å²) in [6.45, 7) is 1.56. The maximum Gasteiger partial charge on any atom is 0.325 e. The van der Waals surface area contributed by atoms with E-state index in [1.54, 1.807) is 6.92 Å². The lowest BCUT2D eigenvalue weighted by Crippen LogP contribution is -3.00. The highest BCUT2D eigenvalue weighted by molar-refractivity contribution is 5.85. The number of aromatic nitrogens is 2. The molecule has 1 atom stereocenters. The highest BCUT2D eigenvalue weighted by Crippen LogP contribution is 2.01. The lowest BCUT2D eigenvalue weighted by atomic mass is 10.1. The summed E-state index contributed by atoms with van der Waals surface area (Å²) in [5.41, 5.74) is 8.35. The molecular weight excluding hydrogens is 334 g/mol. The molecule has 0 aliphatic rings. The van der Waals surface area contributed by atoms with Crippen molar-refractivity contribution in [2.75, 3.05) is 0 Å². The van der Waals surface area contributed by atoms with Gasteiger partial charge in [0.15, 0.2) is 0 Å². The van der Waals surface area contributed by atoms with Gasteiger partial charge in [0.1, 0.15) is 0 Å². The van der Waals surface area contributed by atoms with Gasteiger partial charge in [-0.15, -0.1) is 0 Å². The number of benzene rings is 1. The molecule has 1 aromatic heterocycles. The average Bonchev–Trinajstić information content (AvgIpc) is 2.50. The van der Waals surface area contributed by atoms with E-state index in [-0.39, 0.29) is 18.0 Å². The van der Waals surface area contributed by atoms with Crippen molar-refractivity contribution in [3.63, 3.8) is 0 Å². The van der Waals surface area contributed by atoms with Crippen LogP contribution in [0.25, 0.3) is 0 Å². The molecule has 0 bridgehead atoms. The molecule has 1 heterocycles. The number of H-pyrrole nitrogens is 2. The van der Waals surface area contributed by atoms with Gasteiger partial charge in [-0.2, -0.15) is 5.10 Å². The van der Waals surface area contributed by atoms with E-state index >= 15 is 0 Å². The highest BCUT2D eigenvalue weighted by atomic mass is 35.5. The van der Waals surface area contributed by atoms with E-state index in [9.17, 15) is 14.4 Å². The van der Waals surface area contributed by atoms with E-state index in [0.29, 0.717) is 12.1 Å². The second-order valence-corrected chi connectivity index (χ2v) is 4.98. The Bertz CT molecular complexity index is 829. The number of carbonyl (C=O) groups is 1. The molecule has 0 aliphatic heterocycles. The first-order chi connectivity index (χ1) is 11.0. The van der Waals surface area contributed by atoms with Crippen LogP contribution in [0.4, 0.5) is 0 Å². The van der Waals surface area contributed by atoms with Crippen LogP contribution in [-0.2, 0) is 11.2 Å². The fourth-order valence-electron chi connectivity index (χ4n) is 1.97. The Balaban J connectivity index is 0.00000288. The SMILES string of the molecule is Cc1[nH]c(=O)[nH]c(=O)c1C=NNC(=O)[C@@H](N)Cc1ccccc1.[Cl-]. The van der Waals surface area contributed by atoms with Gasteiger partial charge in [-0.25, -0.2) is 10.2 Å². The zero-order valence-electron chi connectivity index (χ0n) is 12.9. The number of aromatic amines is 2. The molecule has 9 heteroatoms. The molecule has 0 saturated heterocycles. The smallest absolute Gasteiger partial charge is 0.325 e. The van der Waals surface area contributed by atoms with Gasteiger partial charge in [-0.05, 0) is 18.9 Å². The van der Waals surface area contributed by atoms with Crippen LogP contribution in [-0.4, -0.2) is 28.1 Å². The van der Waals surface area contributed by atoms with Crippen molar-refractivity contribution in [2.45, 2.75) is 19.4 Å². The van der Waals surface area contributed by atoms with Gasteiger partial charge in [0.05, 0.1) is 17.8 Å². The predicted octanol–water partition coefficient (Wildman–Crippen LogP) is -3.60. The first-order valence-electron chi connectivity index (χ1n) is 6.93. The van der Waals surface area contributed by atoms with Crippen LogP contribution >= 0.6 is 0 Å². The van der Waals surface area contributed by atoms with E-state index in [1.165, 1.54) is 0 Å². The third kappa shape index (κ3) is 5.18. The molecule has 0 fully saturated rings. The fraction of sp³-hybridized carbons (Fsp3) is 0.200. The summed E-state index contributed by atoms with van der Waals surface area (Å²) >= 11 is 0. The molecule has 1 amide bonds. The van der Waals surface area contributed by atoms with Crippen molar-refractivity contribution >= 4 is 12.1 Å². The van der Waals surface area contributed by atoms with Crippen LogP contribution in [0.3, 0.4) is 0 Å². The number of hydrogen-bond acceptors (Lipinski definition) is 5. The van der Waals surface area contributed by atoms with E-state index in [4.69, 9.17) is 5.73 Å². The third-order valence-electron chi connectivity index (χ3n) is 3.18. The fourth-order valence-corrected chi connectivity index (χ4v) is 1.97. The number of carbonyl (C=O) groups excluding carboxylic acids is 1. The summed E-state index contributed by atoms with van der Waals surface area (Å²) in [5.74, 6) is -0.469. The number of nitrogens with two attached hydrogens (primary N) is 1. The maximum atomic E-state index is 11.9. The number of amides is 1. The Hall–Kier alpha value is -2.71. The number of hydrazone groups is 1. The molecule has 0 spiro atoms. The standard InChI is InChI=1S/C15H17N5O3.ClH/c1-9-11(13(21)19-15(23)18-9)8-17-20-14(22)12(16)7-10-5-3-2-4-6-10;/h2-6,8,12H,7,16H2,1H3,(H,20,22)(H2,18,19,21,23);1H/p-1/t12-;/m0./s1. The third-order valence-corrected chi connectivity index (χ3v) is 3.18. The van der Waals surface area contributed by atoms with Crippen LogP contribution in [0.2, 0.25) is 0 Å². The van der Waals surface area contributed by atoms with Crippen molar-refractivity contribution in [1.82, 2.24) is 15.4 Å². The van der Waals surface area contributed by atoms with E-state index < -0.39 is 23.2 Å². The van der Waals surface area contributed by atoms with Gasteiger partial charge in [-0.1, -0.05) is 30.3 Å². The van der Waals surface area contributed by atoms with Crippen LogP contribution in [0.1, 0.15) is 16.8 Å². The molecule has 2 aromatic rings. The lowest BCUT2D eigenvalue weighted by molar-refractivity contribution is -0.122. The summed E-state index contributed by atoms with van der Waals surface area (Å²) in [7, 11) is 0. The number of nitrogens with one attached hydrogen (secondary N) is 3. The number of aryl methyl sites for hydroxylation is 1. The normalized spacial score (nSPS) is 11.8. The van der Waals surface area contributed by atoms with E-state index in [1.807, 2.05) is 30.3 Å².